The molecule has 0 aliphatic carbocycles. The van der Waals surface area contributed by atoms with Gasteiger partial charge in [0.05, 0.1) is 0 Å². The molecule has 0 saturated carbocycles. The highest BCUT2D eigenvalue weighted by molar-refractivity contribution is 6.23. The normalized spacial score (nSPS) is 12.1. The van der Waals surface area contributed by atoms with Gasteiger partial charge in [-0.3, -0.25) is 4.79 Å². The van der Waals surface area contributed by atoms with Crippen molar-refractivity contribution in [3.63, 3.8) is 0 Å². The molecule has 3 heteroatoms. The second kappa shape index (κ2) is 6.28. The fourth-order valence-corrected chi connectivity index (χ4v) is 1.52. The van der Waals surface area contributed by atoms with Gasteiger partial charge in [0, 0.05) is 12.4 Å². The van der Waals surface area contributed by atoms with Crippen molar-refractivity contribution in [2.24, 2.45) is 0 Å². The van der Waals surface area contributed by atoms with E-state index < -0.39 is 0 Å². The highest BCUT2D eigenvalue weighted by atomic mass is 16.1. The van der Waals surface area contributed by atoms with E-state index >= 15 is 0 Å². The molecule has 0 heterocycles. The van der Waals surface area contributed by atoms with Crippen LogP contribution >= 0.6 is 0 Å². The van der Waals surface area contributed by atoms with E-state index in [-0.39, 0.29) is 11.7 Å². The maximum atomic E-state index is 11.6. The molecule has 1 amide bonds. The fourth-order valence-electron chi connectivity index (χ4n) is 1.52. The fraction of sp³-hybridized carbons (Fsp3) is 0.417. The van der Waals surface area contributed by atoms with Crippen molar-refractivity contribution >= 4 is 13.8 Å². The lowest BCUT2D eigenvalue weighted by Gasteiger charge is -2.10. The van der Waals surface area contributed by atoms with Gasteiger partial charge in [-0.1, -0.05) is 43.7 Å². The van der Waals surface area contributed by atoms with E-state index in [1.165, 1.54) is 0 Å². The van der Waals surface area contributed by atoms with Crippen molar-refractivity contribution in [3.05, 3.63) is 35.9 Å². The third kappa shape index (κ3) is 4.19. The van der Waals surface area contributed by atoms with Crippen LogP contribution in [-0.4, -0.2) is 13.8 Å². The minimum absolute atomic E-state index is 0.124. The summed E-state index contributed by atoms with van der Waals surface area (Å²) in [6, 6.07) is 9.98. The largest absolute Gasteiger partial charge is 0.352 e. The summed E-state index contributed by atoms with van der Waals surface area (Å²) in [6.07, 6.45) is 2.01. The van der Waals surface area contributed by atoms with E-state index in [0.717, 1.165) is 18.4 Å². The highest BCUT2D eigenvalue weighted by Crippen LogP contribution is 2.08. The number of rotatable bonds is 5. The molecule has 0 aliphatic rings. The summed E-state index contributed by atoms with van der Waals surface area (Å²) >= 11 is 0. The van der Waals surface area contributed by atoms with E-state index in [1.807, 2.05) is 38.2 Å². The smallest absolute Gasteiger partial charge is 0.215 e. The molecule has 1 atom stereocenters. The van der Waals surface area contributed by atoms with Crippen LogP contribution in [0.15, 0.2) is 30.3 Å². The van der Waals surface area contributed by atoms with Gasteiger partial charge in [0.25, 0.3) is 0 Å². The Hall–Kier alpha value is -1.25. The van der Waals surface area contributed by atoms with Gasteiger partial charge in [-0.25, -0.2) is 0 Å². The van der Waals surface area contributed by atoms with Gasteiger partial charge in [-0.2, -0.15) is 0 Å². The Balaban J connectivity index is 2.34. The molecule has 1 rings (SSSR count). The van der Waals surface area contributed by atoms with Crippen LogP contribution in [-0.2, 0) is 11.3 Å². The van der Waals surface area contributed by atoms with Gasteiger partial charge >= 0.3 is 0 Å². The minimum Gasteiger partial charge on any atom is -0.352 e. The first-order chi connectivity index (χ1) is 7.24. The van der Waals surface area contributed by atoms with Crippen LogP contribution in [0.4, 0.5) is 0 Å². The molecule has 0 aromatic heterocycles. The van der Waals surface area contributed by atoms with Crippen molar-refractivity contribution in [2.45, 2.75) is 32.1 Å². The van der Waals surface area contributed by atoms with Crippen LogP contribution in [0.25, 0.3) is 0 Å². The quantitative estimate of drug-likeness (QED) is 0.722. The number of carbonyl (C=O) groups excluding carboxylic acids is 1. The first kappa shape index (κ1) is 11.8. The average Bonchev–Trinajstić information content (AvgIpc) is 2.27. The van der Waals surface area contributed by atoms with E-state index in [0.29, 0.717) is 6.54 Å². The zero-order chi connectivity index (χ0) is 11.1. The molecule has 2 nitrogen and oxygen atoms in total. The van der Waals surface area contributed by atoms with Crippen LogP contribution in [0.1, 0.15) is 25.3 Å². The van der Waals surface area contributed by atoms with Crippen LogP contribution in [0, 0.1) is 0 Å². The zero-order valence-electron chi connectivity index (χ0n) is 9.49. The molecule has 1 N–H and O–H groups in total. The monoisotopic (exact) mass is 203 g/mol. The van der Waals surface area contributed by atoms with Crippen LogP contribution < -0.4 is 5.32 Å². The first-order valence-corrected chi connectivity index (χ1v) is 5.55. The summed E-state index contributed by atoms with van der Waals surface area (Å²) in [4.78, 5) is 11.6. The van der Waals surface area contributed by atoms with Crippen molar-refractivity contribution in [3.8, 4) is 0 Å². The van der Waals surface area contributed by atoms with Gasteiger partial charge < -0.3 is 5.32 Å². The lowest BCUT2D eigenvalue weighted by molar-refractivity contribution is -0.121. The SMILES string of the molecule is B[C@H](CCC)C(=O)NCc1ccccc1. The molecule has 0 radical (unpaired) electrons. The first-order valence-electron chi connectivity index (χ1n) is 5.55. The molecule has 1 aromatic rings. The Labute approximate surface area is 92.5 Å². The maximum absolute atomic E-state index is 11.6. The highest BCUT2D eigenvalue weighted by Gasteiger charge is 2.10. The number of carbonyl (C=O) groups is 1. The second-order valence-electron chi connectivity index (χ2n) is 3.89. The summed E-state index contributed by atoms with van der Waals surface area (Å²) in [7, 11) is 1.98. The summed E-state index contributed by atoms with van der Waals surface area (Å²) in [5.41, 5.74) is 1.15. The van der Waals surface area contributed by atoms with Crippen molar-refractivity contribution < 1.29 is 4.79 Å². The number of hydrogen-bond acceptors (Lipinski definition) is 1. The molecule has 0 aliphatic heterocycles. The summed E-state index contributed by atoms with van der Waals surface area (Å²) < 4.78 is 0. The van der Waals surface area contributed by atoms with Crippen molar-refractivity contribution in [1.82, 2.24) is 5.32 Å². The predicted molar refractivity (Wildman–Crippen MR) is 65.5 cm³/mol. The zero-order valence-corrected chi connectivity index (χ0v) is 9.49. The van der Waals surface area contributed by atoms with Crippen molar-refractivity contribution in [2.75, 3.05) is 0 Å². The minimum atomic E-state index is 0.124. The van der Waals surface area contributed by atoms with Crippen LogP contribution in [0.2, 0.25) is 5.82 Å². The molecule has 1 aromatic carbocycles. The maximum Gasteiger partial charge on any atom is 0.215 e. The molecule has 0 bridgehead atoms. The Kier molecular flexibility index (Phi) is 4.95. The predicted octanol–water partition coefficient (Wildman–Crippen LogP) is 1.52. The lowest BCUT2D eigenvalue weighted by atomic mass is 9.83. The van der Waals surface area contributed by atoms with E-state index in [1.54, 1.807) is 0 Å². The van der Waals surface area contributed by atoms with E-state index in [4.69, 9.17) is 0 Å². The molecule has 0 saturated heterocycles. The number of hydrogen-bond donors (Lipinski definition) is 1. The average molecular weight is 203 g/mol. The van der Waals surface area contributed by atoms with E-state index in [9.17, 15) is 4.79 Å². The second-order valence-corrected chi connectivity index (χ2v) is 3.89. The molecule has 0 fully saturated rings. The molecule has 0 unspecified atom stereocenters. The molecule has 15 heavy (non-hydrogen) atoms. The van der Waals surface area contributed by atoms with Gasteiger partial charge in [-0.15, -0.1) is 0 Å². The molecular weight excluding hydrogens is 185 g/mol. The number of benzene rings is 1. The molecule has 0 spiro atoms. The third-order valence-corrected chi connectivity index (χ3v) is 2.48. The number of amides is 1. The molecule has 80 valence electrons. The van der Waals surface area contributed by atoms with E-state index in [2.05, 4.69) is 12.2 Å². The van der Waals surface area contributed by atoms with Gasteiger partial charge in [-0.05, 0) is 12.0 Å². The summed E-state index contributed by atoms with van der Waals surface area (Å²) in [5, 5.41) is 2.94. The van der Waals surface area contributed by atoms with Gasteiger partial charge in [0.1, 0.15) is 7.85 Å². The Bertz CT molecular complexity index is 300. The summed E-state index contributed by atoms with van der Waals surface area (Å²) in [5.74, 6) is 0.277. The third-order valence-electron chi connectivity index (χ3n) is 2.48. The summed E-state index contributed by atoms with van der Waals surface area (Å²) in [6.45, 7) is 2.73. The van der Waals surface area contributed by atoms with Crippen LogP contribution in [0.3, 0.4) is 0 Å². The van der Waals surface area contributed by atoms with Gasteiger partial charge in [0.15, 0.2) is 0 Å². The lowest BCUT2D eigenvalue weighted by Crippen LogP contribution is -2.27. The Morgan fingerprint density at radius 3 is 2.67 bits per heavy atom. The Morgan fingerprint density at radius 2 is 2.07 bits per heavy atom. The van der Waals surface area contributed by atoms with Gasteiger partial charge in [0.2, 0.25) is 5.91 Å². The molecular formula is C12H18BNO. The van der Waals surface area contributed by atoms with Crippen LogP contribution in [0.5, 0.6) is 0 Å². The number of nitrogens with one attached hydrogen (secondary N) is 1. The van der Waals surface area contributed by atoms with Crippen molar-refractivity contribution in [1.29, 1.82) is 0 Å². The standard InChI is InChI=1S/C12H18BNO/c1-2-6-11(13)12(15)14-9-10-7-4-3-5-8-10/h3-5,7-8,11H,2,6,9,13H2,1H3,(H,14,15)/t11-/m1/s1. The Morgan fingerprint density at radius 1 is 1.40 bits per heavy atom. The topological polar surface area (TPSA) is 29.1 Å².